The van der Waals surface area contributed by atoms with Crippen LogP contribution >= 0.6 is 11.6 Å². The van der Waals surface area contributed by atoms with E-state index in [1.165, 1.54) is 19.3 Å². The van der Waals surface area contributed by atoms with E-state index < -0.39 is 6.04 Å². The summed E-state index contributed by atoms with van der Waals surface area (Å²) in [6, 6.07) is 19.3. The molecule has 1 aliphatic rings. The number of ketones is 1. The largest absolute Gasteiger partial charge is 0.303 e. The fraction of sp³-hybridized carbons (Fsp3) is 0.381. The molecule has 0 spiro atoms. The summed E-state index contributed by atoms with van der Waals surface area (Å²) in [5, 5.41) is 3.20. The number of halogens is 1. The zero-order valence-electron chi connectivity index (χ0n) is 13.8. The van der Waals surface area contributed by atoms with E-state index in [0.717, 1.165) is 18.4 Å². The van der Waals surface area contributed by atoms with Crippen molar-refractivity contribution in [3.05, 3.63) is 71.8 Å². The first-order valence-corrected chi connectivity index (χ1v) is 9.23. The highest BCUT2D eigenvalue weighted by atomic mass is 35.5. The minimum Gasteiger partial charge on any atom is -0.303 e. The predicted molar refractivity (Wildman–Crippen MR) is 99.6 cm³/mol. The van der Waals surface area contributed by atoms with E-state index in [-0.39, 0.29) is 11.2 Å². The Kier molecular flexibility index (Phi) is 6.06. The summed E-state index contributed by atoms with van der Waals surface area (Å²) in [7, 11) is 0. The molecule has 3 rings (SSSR count). The molecule has 1 N–H and O–H groups in total. The Hall–Kier alpha value is -1.64. The Balaban J connectivity index is 1.83. The molecular weight excluding hydrogens is 318 g/mol. The second-order valence-corrected chi connectivity index (χ2v) is 6.99. The number of Topliss-reactive ketones (excluding diaryl/α,β-unsaturated/α-hetero) is 1. The average Bonchev–Trinajstić information content (AvgIpc) is 2.67. The quantitative estimate of drug-likeness (QED) is 0.582. The molecule has 2 aromatic carbocycles. The molecule has 0 saturated heterocycles. The highest BCUT2D eigenvalue weighted by molar-refractivity contribution is 6.24. The highest BCUT2D eigenvalue weighted by Crippen LogP contribution is 2.28. The van der Waals surface area contributed by atoms with Gasteiger partial charge >= 0.3 is 0 Å². The molecule has 0 bridgehead atoms. The Morgan fingerprint density at radius 2 is 1.50 bits per heavy atom. The van der Waals surface area contributed by atoms with Gasteiger partial charge in [0.1, 0.15) is 0 Å². The molecule has 0 amide bonds. The minimum absolute atomic E-state index is 0.0741. The number of benzene rings is 2. The molecule has 126 valence electrons. The van der Waals surface area contributed by atoms with E-state index in [4.69, 9.17) is 11.6 Å². The van der Waals surface area contributed by atoms with Gasteiger partial charge in [0, 0.05) is 11.6 Å². The molecule has 0 radical (unpaired) electrons. The third kappa shape index (κ3) is 4.25. The van der Waals surface area contributed by atoms with Gasteiger partial charge in [0.2, 0.25) is 0 Å². The summed E-state index contributed by atoms with van der Waals surface area (Å²) in [6.07, 6.45) is 5.98. The molecule has 1 fully saturated rings. The number of hydrogen-bond donors (Lipinski definition) is 1. The third-order valence-electron chi connectivity index (χ3n) is 4.77. The van der Waals surface area contributed by atoms with Gasteiger partial charge in [-0.2, -0.15) is 0 Å². The first-order valence-electron chi connectivity index (χ1n) is 8.80. The predicted octanol–water partition coefficient (Wildman–Crippen LogP) is 5.14. The van der Waals surface area contributed by atoms with Crippen LogP contribution in [0.1, 0.15) is 53.4 Å². The second kappa shape index (κ2) is 8.46. The molecule has 2 atom stereocenters. The van der Waals surface area contributed by atoms with Gasteiger partial charge in [-0.3, -0.25) is 4.79 Å². The molecule has 1 saturated carbocycles. The Morgan fingerprint density at radius 3 is 2.12 bits per heavy atom. The summed E-state index contributed by atoms with van der Waals surface area (Å²) in [5.41, 5.74) is 1.70. The normalized spacial score (nSPS) is 18.0. The van der Waals surface area contributed by atoms with Gasteiger partial charge in [0.15, 0.2) is 5.78 Å². The van der Waals surface area contributed by atoms with Gasteiger partial charge in [0.25, 0.3) is 0 Å². The van der Waals surface area contributed by atoms with E-state index >= 15 is 0 Å². The Morgan fingerprint density at radius 1 is 0.917 bits per heavy atom. The van der Waals surface area contributed by atoms with Crippen molar-refractivity contribution in [2.75, 3.05) is 0 Å². The van der Waals surface area contributed by atoms with Gasteiger partial charge in [0.05, 0.1) is 11.4 Å². The molecule has 0 heterocycles. The van der Waals surface area contributed by atoms with Gasteiger partial charge in [-0.1, -0.05) is 79.9 Å². The topological polar surface area (TPSA) is 29.1 Å². The van der Waals surface area contributed by atoms with Crippen LogP contribution in [-0.4, -0.2) is 17.9 Å². The molecule has 24 heavy (non-hydrogen) atoms. The van der Waals surface area contributed by atoms with E-state index in [9.17, 15) is 4.79 Å². The monoisotopic (exact) mass is 341 g/mol. The zero-order valence-corrected chi connectivity index (χ0v) is 14.6. The zero-order chi connectivity index (χ0) is 16.8. The van der Waals surface area contributed by atoms with Crippen LogP contribution in [0.5, 0.6) is 0 Å². The van der Waals surface area contributed by atoms with Crippen LogP contribution in [0.4, 0.5) is 0 Å². The summed E-state index contributed by atoms with van der Waals surface area (Å²) in [6.45, 7) is 0. The fourth-order valence-electron chi connectivity index (χ4n) is 3.43. The molecular formula is C21H24ClNO. The van der Waals surface area contributed by atoms with Crippen LogP contribution in [0.3, 0.4) is 0 Å². The van der Waals surface area contributed by atoms with Crippen molar-refractivity contribution < 1.29 is 4.79 Å². The van der Waals surface area contributed by atoms with Gasteiger partial charge in [-0.25, -0.2) is 0 Å². The van der Waals surface area contributed by atoms with Crippen molar-refractivity contribution in [2.24, 2.45) is 0 Å². The first-order chi connectivity index (χ1) is 11.8. The van der Waals surface area contributed by atoms with E-state index in [1.54, 1.807) is 0 Å². The molecule has 0 aliphatic heterocycles. The van der Waals surface area contributed by atoms with Crippen molar-refractivity contribution in [3.8, 4) is 0 Å². The molecule has 1 aliphatic carbocycles. The van der Waals surface area contributed by atoms with Gasteiger partial charge in [-0.15, -0.1) is 11.6 Å². The SMILES string of the molecule is O=C(c1ccccc1)[C@H](NC1CCCCC1)[C@@H](Cl)c1ccccc1. The average molecular weight is 342 g/mol. The van der Waals surface area contributed by atoms with Crippen LogP contribution < -0.4 is 5.32 Å². The molecule has 0 unspecified atom stereocenters. The lowest BCUT2D eigenvalue weighted by atomic mass is 9.91. The van der Waals surface area contributed by atoms with Crippen LogP contribution in [0, 0.1) is 0 Å². The van der Waals surface area contributed by atoms with Crippen molar-refractivity contribution in [3.63, 3.8) is 0 Å². The first kappa shape index (κ1) is 17.2. The summed E-state index contributed by atoms with van der Waals surface area (Å²) >= 11 is 6.75. The Bertz CT molecular complexity index is 637. The van der Waals surface area contributed by atoms with Crippen LogP contribution in [-0.2, 0) is 0 Å². The minimum atomic E-state index is -0.403. The lowest BCUT2D eigenvalue weighted by Crippen LogP contribution is -2.46. The third-order valence-corrected chi connectivity index (χ3v) is 5.28. The van der Waals surface area contributed by atoms with Gasteiger partial charge in [-0.05, 0) is 18.4 Å². The lowest BCUT2D eigenvalue weighted by molar-refractivity contribution is 0.0928. The summed E-state index contributed by atoms with van der Waals surface area (Å²) in [4.78, 5) is 13.1. The highest BCUT2D eigenvalue weighted by Gasteiger charge is 2.31. The van der Waals surface area contributed by atoms with Crippen LogP contribution in [0.15, 0.2) is 60.7 Å². The van der Waals surface area contributed by atoms with E-state index in [1.807, 2.05) is 60.7 Å². The fourth-order valence-corrected chi connectivity index (χ4v) is 3.76. The number of nitrogens with one attached hydrogen (secondary N) is 1. The number of carbonyl (C=O) groups excluding carboxylic acids is 1. The van der Waals surface area contributed by atoms with Crippen molar-refractivity contribution >= 4 is 17.4 Å². The summed E-state index contributed by atoms with van der Waals surface area (Å²) in [5.74, 6) is 0.0741. The number of hydrogen-bond acceptors (Lipinski definition) is 2. The molecule has 2 nitrogen and oxygen atoms in total. The second-order valence-electron chi connectivity index (χ2n) is 6.52. The molecule has 0 aromatic heterocycles. The number of alkyl halides is 1. The van der Waals surface area contributed by atoms with Crippen molar-refractivity contribution in [2.45, 2.75) is 49.6 Å². The van der Waals surface area contributed by atoms with Gasteiger partial charge < -0.3 is 5.32 Å². The molecule has 3 heteroatoms. The van der Waals surface area contributed by atoms with Crippen LogP contribution in [0.2, 0.25) is 0 Å². The molecule has 2 aromatic rings. The van der Waals surface area contributed by atoms with Crippen LogP contribution in [0.25, 0.3) is 0 Å². The smallest absolute Gasteiger partial charge is 0.181 e. The number of rotatable bonds is 6. The lowest BCUT2D eigenvalue weighted by Gasteiger charge is -2.30. The maximum atomic E-state index is 13.1. The van der Waals surface area contributed by atoms with E-state index in [2.05, 4.69) is 5.32 Å². The Labute approximate surface area is 149 Å². The maximum Gasteiger partial charge on any atom is 0.181 e. The summed E-state index contributed by atoms with van der Waals surface area (Å²) < 4.78 is 0. The van der Waals surface area contributed by atoms with Crippen molar-refractivity contribution in [1.82, 2.24) is 5.32 Å². The van der Waals surface area contributed by atoms with Crippen molar-refractivity contribution in [1.29, 1.82) is 0 Å². The maximum absolute atomic E-state index is 13.1. The number of carbonyl (C=O) groups is 1. The standard InChI is InChI=1S/C21H24ClNO/c22-19(16-10-4-1-5-11-16)20(23-18-14-8-3-9-15-18)21(24)17-12-6-2-7-13-17/h1-2,4-7,10-13,18-20,23H,3,8-9,14-15H2/t19-,20+/m0/s1. The van der Waals surface area contributed by atoms with E-state index in [0.29, 0.717) is 11.6 Å².